The molecule has 0 amide bonds. The number of hydrogen-bond acceptors (Lipinski definition) is 0. The summed E-state index contributed by atoms with van der Waals surface area (Å²) in [5.41, 5.74) is 1.45. The monoisotopic (exact) mass is 226 g/mol. The van der Waals surface area contributed by atoms with E-state index in [2.05, 4.69) is 53.2 Å². The topological polar surface area (TPSA) is 0 Å². The van der Waals surface area contributed by atoms with Gasteiger partial charge < -0.3 is 0 Å². The average Bonchev–Trinajstić information content (AvgIpc) is 2.16. The quantitative estimate of drug-likeness (QED) is 0.688. The average molecular weight is 227 g/mol. The molecule has 1 unspecified atom stereocenters. The van der Waals surface area contributed by atoms with Crippen LogP contribution < -0.4 is 0 Å². The first kappa shape index (κ1) is 9.79. The second kappa shape index (κ2) is 5.36. The molecule has 1 atom stereocenters. The normalized spacial score (nSPS) is 12.8. The van der Waals surface area contributed by atoms with Crippen LogP contribution in [0, 0.1) is 5.92 Å². The maximum atomic E-state index is 3.53. The predicted octanol–water partition coefficient (Wildman–Crippen LogP) is 3.65. The Hall–Kier alpha value is -0.300. The van der Waals surface area contributed by atoms with Crippen LogP contribution in [-0.2, 0) is 6.42 Å². The minimum absolute atomic E-state index is 0.785. The van der Waals surface area contributed by atoms with Crippen molar-refractivity contribution in [3.05, 3.63) is 35.9 Å². The zero-order valence-corrected chi connectivity index (χ0v) is 9.05. The minimum Gasteiger partial charge on any atom is -0.0925 e. The van der Waals surface area contributed by atoms with Gasteiger partial charge in [0.05, 0.1) is 0 Å². The summed E-state index contributed by atoms with van der Waals surface area (Å²) in [6, 6.07) is 10.7. The van der Waals surface area contributed by atoms with E-state index in [1.807, 2.05) is 0 Å². The molecule has 0 fully saturated rings. The van der Waals surface area contributed by atoms with Crippen molar-refractivity contribution in [3.63, 3.8) is 0 Å². The van der Waals surface area contributed by atoms with Crippen LogP contribution >= 0.6 is 15.9 Å². The second-order valence-electron chi connectivity index (χ2n) is 3.12. The molecule has 66 valence electrons. The third kappa shape index (κ3) is 2.98. The molecule has 0 N–H and O–H groups in total. The third-order valence-corrected chi connectivity index (χ3v) is 3.08. The highest BCUT2D eigenvalue weighted by Gasteiger charge is 2.04. The number of rotatable bonds is 4. The van der Waals surface area contributed by atoms with Gasteiger partial charge in [0.25, 0.3) is 0 Å². The highest BCUT2D eigenvalue weighted by atomic mass is 79.9. The van der Waals surface area contributed by atoms with Gasteiger partial charge in [-0.2, -0.15) is 0 Å². The van der Waals surface area contributed by atoms with E-state index in [0.29, 0.717) is 0 Å². The van der Waals surface area contributed by atoms with Crippen molar-refractivity contribution in [1.29, 1.82) is 0 Å². The zero-order chi connectivity index (χ0) is 8.81. The van der Waals surface area contributed by atoms with Gasteiger partial charge in [0.15, 0.2) is 0 Å². The largest absolute Gasteiger partial charge is 0.0925 e. The second-order valence-corrected chi connectivity index (χ2v) is 3.77. The van der Waals surface area contributed by atoms with Crippen LogP contribution in [0.25, 0.3) is 0 Å². The van der Waals surface area contributed by atoms with Gasteiger partial charge in [-0.05, 0) is 17.9 Å². The smallest absolute Gasteiger partial charge is 0.00627 e. The molecular formula is C11H15Br. The van der Waals surface area contributed by atoms with Crippen molar-refractivity contribution in [2.24, 2.45) is 5.92 Å². The van der Waals surface area contributed by atoms with Gasteiger partial charge in [-0.3, -0.25) is 0 Å². The number of halogens is 1. The van der Waals surface area contributed by atoms with Crippen LogP contribution in [0.1, 0.15) is 18.9 Å². The standard InChI is InChI=1S/C11H15Br/c1-2-10(9-12)8-11-6-4-3-5-7-11/h3-7,10H,2,8-9H2,1H3. The van der Waals surface area contributed by atoms with Crippen molar-refractivity contribution in [2.75, 3.05) is 5.33 Å². The van der Waals surface area contributed by atoms with E-state index in [9.17, 15) is 0 Å². The van der Waals surface area contributed by atoms with Gasteiger partial charge in [0.2, 0.25) is 0 Å². The molecule has 1 heteroatoms. The third-order valence-electron chi connectivity index (χ3n) is 2.16. The van der Waals surface area contributed by atoms with E-state index < -0.39 is 0 Å². The van der Waals surface area contributed by atoms with Crippen LogP contribution in [0.15, 0.2) is 30.3 Å². The molecule has 0 spiro atoms. The van der Waals surface area contributed by atoms with Crippen LogP contribution in [0.3, 0.4) is 0 Å². The van der Waals surface area contributed by atoms with E-state index in [-0.39, 0.29) is 0 Å². The summed E-state index contributed by atoms with van der Waals surface area (Å²) in [5.74, 6) is 0.785. The number of hydrogen-bond donors (Lipinski definition) is 0. The molecule has 0 aliphatic carbocycles. The highest BCUT2D eigenvalue weighted by Crippen LogP contribution is 2.13. The van der Waals surface area contributed by atoms with Crippen molar-refractivity contribution in [1.82, 2.24) is 0 Å². The van der Waals surface area contributed by atoms with E-state index in [4.69, 9.17) is 0 Å². The molecule has 0 radical (unpaired) electrons. The minimum atomic E-state index is 0.785. The SMILES string of the molecule is CCC(CBr)Cc1ccccc1. The Kier molecular flexibility index (Phi) is 4.37. The summed E-state index contributed by atoms with van der Waals surface area (Å²) in [5, 5.41) is 1.11. The fourth-order valence-corrected chi connectivity index (χ4v) is 1.94. The van der Waals surface area contributed by atoms with Crippen LogP contribution in [-0.4, -0.2) is 5.33 Å². The lowest BCUT2D eigenvalue weighted by atomic mass is 9.99. The molecule has 0 saturated carbocycles. The van der Waals surface area contributed by atoms with Crippen molar-refractivity contribution in [3.8, 4) is 0 Å². The molecule has 0 aromatic heterocycles. The molecule has 0 heterocycles. The molecule has 0 saturated heterocycles. The van der Waals surface area contributed by atoms with Gasteiger partial charge in [0.1, 0.15) is 0 Å². The Bertz CT molecular complexity index is 202. The first-order chi connectivity index (χ1) is 5.86. The maximum Gasteiger partial charge on any atom is 0.00627 e. The first-order valence-electron chi connectivity index (χ1n) is 4.46. The molecule has 1 rings (SSSR count). The molecular weight excluding hydrogens is 212 g/mol. The fourth-order valence-electron chi connectivity index (χ4n) is 1.26. The molecule has 0 aliphatic rings. The molecule has 1 aromatic rings. The summed E-state index contributed by atoms with van der Waals surface area (Å²) in [4.78, 5) is 0. The van der Waals surface area contributed by atoms with E-state index in [1.165, 1.54) is 18.4 Å². The van der Waals surface area contributed by atoms with E-state index in [1.54, 1.807) is 0 Å². The van der Waals surface area contributed by atoms with E-state index >= 15 is 0 Å². The lowest BCUT2D eigenvalue weighted by molar-refractivity contribution is 0.574. The first-order valence-corrected chi connectivity index (χ1v) is 5.58. The summed E-state index contributed by atoms with van der Waals surface area (Å²) < 4.78 is 0. The Morgan fingerprint density at radius 2 is 1.92 bits per heavy atom. The Morgan fingerprint density at radius 1 is 1.25 bits per heavy atom. The Balaban J connectivity index is 2.51. The van der Waals surface area contributed by atoms with Gasteiger partial charge >= 0.3 is 0 Å². The summed E-state index contributed by atoms with van der Waals surface area (Å²) in [6.45, 7) is 2.24. The van der Waals surface area contributed by atoms with E-state index in [0.717, 1.165) is 11.2 Å². The van der Waals surface area contributed by atoms with Gasteiger partial charge in [-0.15, -0.1) is 0 Å². The molecule has 0 nitrogen and oxygen atoms in total. The van der Waals surface area contributed by atoms with Crippen LogP contribution in [0.2, 0.25) is 0 Å². The van der Waals surface area contributed by atoms with Crippen molar-refractivity contribution < 1.29 is 0 Å². The van der Waals surface area contributed by atoms with Gasteiger partial charge in [-0.25, -0.2) is 0 Å². The van der Waals surface area contributed by atoms with Crippen LogP contribution in [0.5, 0.6) is 0 Å². The Morgan fingerprint density at radius 3 is 2.42 bits per heavy atom. The molecule has 0 bridgehead atoms. The highest BCUT2D eigenvalue weighted by molar-refractivity contribution is 9.09. The molecule has 12 heavy (non-hydrogen) atoms. The number of benzene rings is 1. The summed E-state index contributed by atoms with van der Waals surface area (Å²) in [6.07, 6.45) is 2.45. The predicted molar refractivity (Wildman–Crippen MR) is 57.7 cm³/mol. The lowest BCUT2D eigenvalue weighted by Crippen LogP contribution is -2.03. The zero-order valence-electron chi connectivity index (χ0n) is 7.46. The van der Waals surface area contributed by atoms with Gasteiger partial charge in [0, 0.05) is 5.33 Å². The Labute approximate surface area is 83.1 Å². The number of alkyl halides is 1. The molecule has 1 aromatic carbocycles. The van der Waals surface area contributed by atoms with Crippen molar-refractivity contribution in [2.45, 2.75) is 19.8 Å². The van der Waals surface area contributed by atoms with Crippen LogP contribution in [0.4, 0.5) is 0 Å². The summed E-state index contributed by atoms with van der Waals surface area (Å²) >= 11 is 3.53. The lowest BCUT2D eigenvalue weighted by Gasteiger charge is -2.10. The fraction of sp³-hybridized carbons (Fsp3) is 0.455. The molecule has 0 aliphatic heterocycles. The summed E-state index contributed by atoms with van der Waals surface area (Å²) in [7, 11) is 0. The van der Waals surface area contributed by atoms with Crippen molar-refractivity contribution >= 4 is 15.9 Å². The van der Waals surface area contributed by atoms with Gasteiger partial charge in [-0.1, -0.05) is 59.6 Å². The maximum absolute atomic E-state index is 3.53.